The highest BCUT2D eigenvalue weighted by atomic mass is 35.5. The number of hydrogen-bond acceptors (Lipinski definition) is 5. The minimum Gasteiger partial charge on any atom is -0.483 e. The van der Waals surface area contributed by atoms with Crippen molar-refractivity contribution < 1.29 is 14.3 Å². The molecule has 0 saturated heterocycles. The summed E-state index contributed by atoms with van der Waals surface area (Å²) in [5.41, 5.74) is 2.09. The maximum Gasteiger partial charge on any atom is 0.296 e. The van der Waals surface area contributed by atoms with Gasteiger partial charge >= 0.3 is 0 Å². The van der Waals surface area contributed by atoms with E-state index in [-0.39, 0.29) is 29.5 Å². The van der Waals surface area contributed by atoms with Gasteiger partial charge in [0.1, 0.15) is 6.10 Å². The zero-order valence-corrected chi connectivity index (χ0v) is 17.8. The van der Waals surface area contributed by atoms with Gasteiger partial charge in [0, 0.05) is 10.4 Å². The number of aromatic nitrogens is 1. The Kier molecular flexibility index (Phi) is 4.51. The van der Waals surface area contributed by atoms with Crippen molar-refractivity contribution in [1.82, 2.24) is 4.98 Å². The number of hydrogen-bond donors (Lipinski definition) is 0. The lowest BCUT2D eigenvalue weighted by molar-refractivity contribution is -0.132. The van der Waals surface area contributed by atoms with Gasteiger partial charge in [0.25, 0.3) is 5.91 Å². The van der Waals surface area contributed by atoms with E-state index >= 15 is 0 Å². The monoisotopic (exact) mass is 428 g/mol. The van der Waals surface area contributed by atoms with Gasteiger partial charge in [-0.15, -0.1) is 11.3 Å². The van der Waals surface area contributed by atoms with Gasteiger partial charge in [-0.2, -0.15) is 0 Å². The number of halogens is 1. The van der Waals surface area contributed by atoms with E-state index in [1.807, 2.05) is 30.5 Å². The van der Waals surface area contributed by atoms with Crippen LogP contribution in [0.5, 0.6) is 0 Å². The number of aryl methyl sites for hydroxylation is 1. The fourth-order valence-electron chi connectivity index (χ4n) is 4.72. The van der Waals surface area contributed by atoms with Crippen molar-refractivity contribution in [1.29, 1.82) is 0 Å². The topological polar surface area (TPSA) is 59.5 Å². The Labute approximate surface area is 178 Å². The lowest BCUT2D eigenvalue weighted by atomic mass is 9.74. The third kappa shape index (κ3) is 3.01. The van der Waals surface area contributed by atoms with Crippen LogP contribution in [-0.2, 0) is 14.3 Å². The molecule has 5 nitrogen and oxygen atoms in total. The van der Waals surface area contributed by atoms with E-state index in [1.54, 1.807) is 11.0 Å². The van der Waals surface area contributed by atoms with Crippen molar-refractivity contribution in [3.8, 4) is 0 Å². The van der Waals surface area contributed by atoms with Gasteiger partial charge < -0.3 is 4.74 Å². The highest BCUT2D eigenvalue weighted by Gasteiger charge is 2.53. The lowest BCUT2D eigenvalue weighted by Crippen LogP contribution is -2.41. The molecule has 0 N–H and O–H groups in total. The normalized spacial score (nSPS) is 29.0. The second-order valence-corrected chi connectivity index (χ2v) is 9.47. The van der Waals surface area contributed by atoms with Gasteiger partial charge in [-0.1, -0.05) is 30.7 Å². The van der Waals surface area contributed by atoms with Gasteiger partial charge in [-0.3, -0.25) is 14.5 Å². The summed E-state index contributed by atoms with van der Waals surface area (Å²) in [5, 5.41) is 3.03. The standard InChI is InChI=1S/C22H21ClN2O3S/c1-11-6-7-16-15(8-11)19(26)17-18(13-4-3-5-14(23)9-13)25(21(27)20(17)28-16)22-24-12(2)10-29-22/h3-5,9-11,15-16,18H,6-8H2,1-2H3. The zero-order chi connectivity index (χ0) is 20.3. The molecule has 7 heteroatoms. The summed E-state index contributed by atoms with van der Waals surface area (Å²) in [4.78, 5) is 33.2. The molecule has 3 aliphatic rings. The minimum absolute atomic E-state index is 0.0388. The van der Waals surface area contributed by atoms with Crippen LogP contribution in [0.1, 0.15) is 43.5 Å². The third-order valence-corrected chi connectivity index (χ3v) is 7.28. The molecule has 4 unspecified atom stereocenters. The number of thiazole rings is 1. The number of amides is 1. The number of carbonyl (C=O) groups excluding carboxylic acids is 2. The van der Waals surface area contributed by atoms with Crippen molar-refractivity contribution >= 4 is 39.8 Å². The van der Waals surface area contributed by atoms with E-state index in [4.69, 9.17) is 16.3 Å². The Morgan fingerprint density at radius 1 is 1.28 bits per heavy atom. The highest BCUT2D eigenvalue weighted by Crippen LogP contribution is 2.49. The molecule has 1 fully saturated rings. The SMILES string of the molecule is Cc1csc(N2C(=O)C3=C(C(=O)C4CC(C)CCC4O3)C2c2cccc(Cl)c2)n1. The average molecular weight is 429 g/mol. The van der Waals surface area contributed by atoms with Crippen LogP contribution in [0.25, 0.3) is 0 Å². The molecule has 1 aromatic carbocycles. The molecule has 5 rings (SSSR count). The number of Topliss-reactive ketones (excluding diaryl/α,β-unsaturated/α-hetero) is 1. The van der Waals surface area contributed by atoms with Crippen LogP contribution in [0.3, 0.4) is 0 Å². The van der Waals surface area contributed by atoms with Gasteiger partial charge in [0.15, 0.2) is 16.7 Å². The first kappa shape index (κ1) is 18.8. The van der Waals surface area contributed by atoms with E-state index in [0.29, 0.717) is 21.6 Å². The molecule has 4 atom stereocenters. The summed E-state index contributed by atoms with van der Waals surface area (Å²) < 4.78 is 6.20. The van der Waals surface area contributed by atoms with E-state index in [0.717, 1.165) is 30.5 Å². The van der Waals surface area contributed by atoms with Crippen LogP contribution >= 0.6 is 22.9 Å². The van der Waals surface area contributed by atoms with Crippen LogP contribution in [-0.4, -0.2) is 22.8 Å². The summed E-state index contributed by atoms with van der Waals surface area (Å²) in [6.45, 7) is 4.06. The predicted octanol–water partition coefficient (Wildman–Crippen LogP) is 4.85. The van der Waals surface area contributed by atoms with Gasteiger partial charge in [0.05, 0.1) is 23.2 Å². The Hall–Kier alpha value is -2.18. The van der Waals surface area contributed by atoms with E-state index in [1.165, 1.54) is 11.3 Å². The van der Waals surface area contributed by atoms with Crippen molar-refractivity contribution in [3.63, 3.8) is 0 Å². The molecule has 0 bridgehead atoms. The number of anilines is 1. The van der Waals surface area contributed by atoms with Crippen molar-refractivity contribution in [2.24, 2.45) is 11.8 Å². The predicted molar refractivity (Wildman–Crippen MR) is 112 cm³/mol. The molecule has 1 saturated carbocycles. The average Bonchev–Trinajstić information content (AvgIpc) is 3.24. The molecule has 150 valence electrons. The Morgan fingerprint density at radius 3 is 2.83 bits per heavy atom. The number of ether oxygens (including phenoxy) is 1. The first-order valence-corrected chi connectivity index (χ1v) is 11.2. The van der Waals surface area contributed by atoms with E-state index < -0.39 is 6.04 Å². The first-order chi connectivity index (χ1) is 13.9. The van der Waals surface area contributed by atoms with Crippen LogP contribution in [0.2, 0.25) is 5.02 Å². The maximum atomic E-state index is 13.6. The van der Waals surface area contributed by atoms with E-state index in [2.05, 4.69) is 11.9 Å². The number of benzene rings is 1. The van der Waals surface area contributed by atoms with Crippen LogP contribution < -0.4 is 4.90 Å². The Balaban J connectivity index is 1.65. The lowest BCUT2D eigenvalue weighted by Gasteiger charge is -2.37. The highest BCUT2D eigenvalue weighted by molar-refractivity contribution is 7.14. The molecule has 0 radical (unpaired) electrons. The molecule has 1 amide bonds. The maximum absolute atomic E-state index is 13.6. The van der Waals surface area contributed by atoms with Crippen molar-refractivity contribution in [3.05, 3.63) is 57.3 Å². The van der Waals surface area contributed by atoms with Crippen molar-refractivity contribution in [2.75, 3.05) is 4.90 Å². The van der Waals surface area contributed by atoms with E-state index in [9.17, 15) is 9.59 Å². The second-order valence-electron chi connectivity index (χ2n) is 8.19. The molecule has 1 aromatic heterocycles. The molecule has 3 heterocycles. The molecule has 2 aliphatic heterocycles. The quantitative estimate of drug-likeness (QED) is 0.685. The number of nitrogens with zero attached hydrogens (tertiary/aromatic N) is 2. The molecule has 1 aliphatic carbocycles. The number of ketones is 1. The second kappa shape index (κ2) is 6.96. The molecular formula is C22H21ClN2O3S. The van der Waals surface area contributed by atoms with Gasteiger partial charge in [0.2, 0.25) is 0 Å². The smallest absolute Gasteiger partial charge is 0.296 e. The van der Waals surface area contributed by atoms with Crippen LogP contribution in [0.15, 0.2) is 41.0 Å². The number of rotatable bonds is 2. The summed E-state index contributed by atoms with van der Waals surface area (Å²) in [7, 11) is 0. The van der Waals surface area contributed by atoms with Crippen LogP contribution in [0.4, 0.5) is 5.13 Å². The molecule has 0 spiro atoms. The van der Waals surface area contributed by atoms with Crippen molar-refractivity contribution in [2.45, 2.75) is 45.3 Å². The summed E-state index contributed by atoms with van der Waals surface area (Å²) >= 11 is 7.64. The van der Waals surface area contributed by atoms with Crippen LogP contribution in [0, 0.1) is 18.8 Å². The number of fused-ring (bicyclic) bond motifs is 1. The summed E-state index contributed by atoms with van der Waals surface area (Å²) in [6, 6.07) is 6.77. The fraction of sp³-hybridized carbons (Fsp3) is 0.409. The number of carbonyl (C=O) groups is 2. The molecule has 29 heavy (non-hydrogen) atoms. The first-order valence-electron chi connectivity index (χ1n) is 9.90. The Morgan fingerprint density at radius 2 is 2.10 bits per heavy atom. The minimum atomic E-state index is -0.563. The largest absolute Gasteiger partial charge is 0.483 e. The fourth-order valence-corrected chi connectivity index (χ4v) is 5.74. The summed E-state index contributed by atoms with van der Waals surface area (Å²) in [5.74, 6) is 0.237. The summed E-state index contributed by atoms with van der Waals surface area (Å²) in [6.07, 6.45) is 2.41. The Bertz CT molecular complexity index is 1050. The van der Waals surface area contributed by atoms with Gasteiger partial charge in [-0.25, -0.2) is 4.98 Å². The molecule has 2 aromatic rings. The molecular weight excluding hydrogens is 408 g/mol. The van der Waals surface area contributed by atoms with Gasteiger partial charge in [-0.05, 0) is 49.8 Å². The third-order valence-electron chi connectivity index (χ3n) is 6.09. The zero-order valence-electron chi connectivity index (χ0n) is 16.2.